The highest BCUT2D eigenvalue weighted by Crippen LogP contribution is 2.31. The van der Waals surface area contributed by atoms with Gasteiger partial charge in [0.15, 0.2) is 0 Å². The second-order valence-electron chi connectivity index (χ2n) is 3.82. The molecule has 1 unspecified atom stereocenters. The van der Waals surface area contributed by atoms with Crippen LogP contribution in [0.2, 0.25) is 0 Å². The number of nitrogens with zero attached hydrogens (tertiary/aromatic N) is 1. The average Bonchev–Trinajstić information content (AvgIpc) is 2.70. The Kier molecular flexibility index (Phi) is 3.52. The monoisotopic (exact) mass is 323 g/mol. The molecule has 0 spiro atoms. The highest BCUT2D eigenvalue weighted by atomic mass is 79.9. The maximum Gasteiger partial charge on any atom is 0.416 e. The van der Waals surface area contributed by atoms with E-state index in [2.05, 4.69) is 15.9 Å². The van der Waals surface area contributed by atoms with Gasteiger partial charge in [0.1, 0.15) is 6.10 Å². The van der Waals surface area contributed by atoms with Gasteiger partial charge in [0.05, 0.1) is 12.1 Å². The number of benzene rings is 1. The summed E-state index contributed by atoms with van der Waals surface area (Å²) in [6.45, 7) is 0.329. The summed E-state index contributed by atoms with van der Waals surface area (Å²) in [5.41, 5.74) is -0.340. The molecule has 98 valence electrons. The predicted octanol–water partition coefficient (Wildman–Crippen LogP) is 3.43. The van der Waals surface area contributed by atoms with Crippen LogP contribution in [0, 0.1) is 0 Å². The number of anilines is 1. The van der Waals surface area contributed by atoms with Crippen LogP contribution in [-0.2, 0) is 10.9 Å². The van der Waals surface area contributed by atoms with Crippen LogP contribution < -0.4 is 4.90 Å². The van der Waals surface area contributed by atoms with Crippen molar-refractivity contribution in [3.8, 4) is 0 Å². The Morgan fingerprint density at radius 1 is 1.33 bits per heavy atom. The smallest absolute Gasteiger partial charge is 0.416 e. The van der Waals surface area contributed by atoms with Gasteiger partial charge < -0.3 is 4.74 Å². The quantitative estimate of drug-likeness (QED) is 0.780. The lowest BCUT2D eigenvalue weighted by atomic mass is 10.2. The largest absolute Gasteiger partial charge is 0.443 e. The fourth-order valence-electron chi connectivity index (χ4n) is 1.64. The molecule has 1 aliphatic rings. The summed E-state index contributed by atoms with van der Waals surface area (Å²) in [6, 6.07) is 4.43. The highest BCUT2D eigenvalue weighted by molar-refractivity contribution is 9.09. The summed E-state index contributed by atoms with van der Waals surface area (Å²) in [7, 11) is 0. The van der Waals surface area contributed by atoms with Crippen LogP contribution in [0.1, 0.15) is 5.56 Å². The number of carbonyl (C=O) groups excluding carboxylic acids is 1. The molecule has 18 heavy (non-hydrogen) atoms. The van der Waals surface area contributed by atoms with Crippen molar-refractivity contribution in [1.82, 2.24) is 0 Å². The number of hydrogen-bond donors (Lipinski definition) is 0. The molecule has 7 heteroatoms. The van der Waals surface area contributed by atoms with E-state index in [0.29, 0.717) is 17.6 Å². The number of halogens is 4. The van der Waals surface area contributed by atoms with E-state index in [4.69, 9.17) is 4.74 Å². The molecule has 1 aromatic carbocycles. The van der Waals surface area contributed by atoms with Crippen molar-refractivity contribution in [3.63, 3.8) is 0 Å². The third-order valence-electron chi connectivity index (χ3n) is 2.55. The number of alkyl halides is 4. The van der Waals surface area contributed by atoms with Gasteiger partial charge in [-0.05, 0) is 24.3 Å². The van der Waals surface area contributed by atoms with E-state index in [-0.39, 0.29) is 6.10 Å². The minimum Gasteiger partial charge on any atom is -0.443 e. The molecule has 0 saturated carbocycles. The SMILES string of the molecule is O=C1OC(CBr)CN1c1ccc(C(F)(F)F)cc1. The molecule has 0 aromatic heterocycles. The molecule has 1 amide bonds. The van der Waals surface area contributed by atoms with E-state index in [1.807, 2.05) is 0 Å². The predicted molar refractivity (Wildman–Crippen MR) is 62.9 cm³/mol. The minimum absolute atomic E-state index is 0.278. The molecule has 0 N–H and O–H groups in total. The Bertz CT molecular complexity index is 447. The van der Waals surface area contributed by atoms with E-state index < -0.39 is 17.8 Å². The van der Waals surface area contributed by atoms with Crippen LogP contribution in [0.5, 0.6) is 0 Å². The van der Waals surface area contributed by atoms with E-state index in [0.717, 1.165) is 12.1 Å². The van der Waals surface area contributed by atoms with E-state index >= 15 is 0 Å². The fourth-order valence-corrected chi connectivity index (χ4v) is 1.98. The molecule has 1 saturated heterocycles. The molecule has 0 bridgehead atoms. The average molecular weight is 324 g/mol. The molecule has 2 rings (SSSR count). The molecule has 1 aromatic rings. The highest BCUT2D eigenvalue weighted by Gasteiger charge is 2.33. The lowest BCUT2D eigenvalue weighted by molar-refractivity contribution is -0.137. The first kappa shape index (κ1) is 13.2. The number of carbonyl (C=O) groups is 1. The maximum atomic E-state index is 12.4. The zero-order valence-electron chi connectivity index (χ0n) is 9.08. The van der Waals surface area contributed by atoms with Crippen LogP contribution in [0.3, 0.4) is 0 Å². The molecular weight excluding hydrogens is 315 g/mol. The summed E-state index contributed by atoms with van der Waals surface area (Å²) in [5, 5.41) is 0.496. The number of ether oxygens (including phenoxy) is 1. The molecule has 1 heterocycles. The van der Waals surface area contributed by atoms with Crippen molar-refractivity contribution in [3.05, 3.63) is 29.8 Å². The molecule has 0 aliphatic carbocycles. The first-order valence-corrected chi connectivity index (χ1v) is 6.25. The van der Waals surface area contributed by atoms with Gasteiger partial charge in [-0.2, -0.15) is 13.2 Å². The number of cyclic esters (lactones) is 1. The number of rotatable bonds is 2. The lowest BCUT2D eigenvalue weighted by Crippen LogP contribution is -2.24. The summed E-state index contributed by atoms with van der Waals surface area (Å²) >= 11 is 3.19. The Morgan fingerprint density at radius 2 is 1.94 bits per heavy atom. The first-order valence-electron chi connectivity index (χ1n) is 5.13. The van der Waals surface area contributed by atoms with Crippen molar-refractivity contribution in [2.45, 2.75) is 12.3 Å². The molecule has 1 atom stereocenters. The van der Waals surface area contributed by atoms with Crippen LogP contribution >= 0.6 is 15.9 Å². The summed E-state index contributed by atoms with van der Waals surface area (Å²) in [4.78, 5) is 12.8. The van der Waals surface area contributed by atoms with Crippen molar-refractivity contribution in [2.24, 2.45) is 0 Å². The zero-order chi connectivity index (χ0) is 13.3. The Labute approximate surface area is 110 Å². The van der Waals surface area contributed by atoms with Gasteiger partial charge in [-0.15, -0.1) is 0 Å². The standard InChI is InChI=1S/C11H9BrF3NO2/c12-5-9-6-16(10(17)18-9)8-3-1-7(2-4-8)11(13,14)15/h1-4,9H,5-6H2. The summed E-state index contributed by atoms with van der Waals surface area (Å²) in [5.74, 6) is 0. The fraction of sp³-hybridized carbons (Fsp3) is 0.364. The molecular formula is C11H9BrF3NO2. The maximum absolute atomic E-state index is 12.4. The third kappa shape index (κ3) is 2.60. The Hall–Kier alpha value is -1.24. The van der Waals surface area contributed by atoms with Crippen LogP contribution in [0.15, 0.2) is 24.3 Å². The Balaban J connectivity index is 2.18. The summed E-state index contributed by atoms with van der Waals surface area (Å²) in [6.07, 6.45) is -5.19. The van der Waals surface area contributed by atoms with E-state index in [9.17, 15) is 18.0 Å². The normalized spacial score (nSPS) is 20.1. The second kappa shape index (κ2) is 4.79. The Morgan fingerprint density at radius 3 is 2.39 bits per heavy atom. The molecule has 3 nitrogen and oxygen atoms in total. The van der Waals surface area contributed by atoms with Gasteiger partial charge in [0, 0.05) is 11.0 Å². The minimum atomic E-state index is -4.37. The summed E-state index contributed by atoms with van der Waals surface area (Å²) < 4.78 is 42.1. The van der Waals surface area contributed by atoms with Gasteiger partial charge in [-0.3, -0.25) is 4.90 Å². The molecule has 0 radical (unpaired) electrons. The molecule has 1 aliphatic heterocycles. The van der Waals surface area contributed by atoms with Crippen LogP contribution in [-0.4, -0.2) is 24.1 Å². The van der Waals surface area contributed by atoms with Gasteiger partial charge in [-0.25, -0.2) is 4.79 Å². The van der Waals surface area contributed by atoms with Crippen molar-refractivity contribution < 1.29 is 22.7 Å². The number of amides is 1. The second-order valence-corrected chi connectivity index (χ2v) is 4.46. The van der Waals surface area contributed by atoms with E-state index in [1.54, 1.807) is 0 Å². The van der Waals surface area contributed by atoms with Crippen LogP contribution in [0.25, 0.3) is 0 Å². The van der Waals surface area contributed by atoms with Gasteiger partial charge >= 0.3 is 12.3 Å². The first-order chi connectivity index (χ1) is 8.41. The lowest BCUT2D eigenvalue weighted by Gasteiger charge is -2.14. The topological polar surface area (TPSA) is 29.5 Å². The van der Waals surface area contributed by atoms with Crippen LogP contribution in [0.4, 0.5) is 23.7 Å². The van der Waals surface area contributed by atoms with Gasteiger partial charge in [-0.1, -0.05) is 15.9 Å². The van der Waals surface area contributed by atoms with Gasteiger partial charge in [0.25, 0.3) is 0 Å². The van der Waals surface area contributed by atoms with Crippen molar-refractivity contribution >= 4 is 27.7 Å². The zero-order valence-corrected chi connectivity index (χ0v) is 10.7. The molecule has 1 fully saturated rings. The van der Waals surface area contributed by atoms with E-state index in [1.165, 1.54) is 17.0 Å². The number of hydrogen-bond acceptors (Lipinski definition) is 2. The van der Waals surface area contributed by atoms with Crippen molar-refractivity contribution in [2.75, 3.05) is 16.8 Å². The third-order valence-corrected chi connectivity index (χ3v) is 3.27. The van der Waals surface area contributed by atoms with Gasteiger partial charge in [0.2, 0.25) is 0 Å². The van der Waals surface area contributed by atoms with Crippen molar-refractivity contribution in [1.29, 1.82) is 0 Å².